The summed E-state index contributed by atoms with van der Waals surface area (Å²) in [5.74, 6) is 0. The lowest BCUT2D eigenvalue weighted by atomic mass is 9.86. The topological polar surface area (TPSA) is 32.3 Å². The number of halogens is 1. The van der Waals surface area contributed by atoms with Crippen molar-refractivity contribution in [3.05, 3.63) is 34.3 Å². The van der Waals surface area contributed by atoms with Crippen LogP contribution in [0.2, 0.25) is 0 Å². The minimum atomic E-state index is -0.525. The molecule has 0 amide bonds. The Morgan fingerprint density at radius 1 is 1.40 bits per heavy atom. The smallest absolute Gasteiger partial charge is 0.0650 e. The zero-order chi connectivity index (χ0) is 10.9. The summed E-state index contributed by atoms with van der Waals surface area (Å²) in [5, 5.41) is 13.4. The summed E-state index contributed by atoms with van der Waals surface area (Å²) in [6.45, 7) is 2.80. The Morgan fingerprint density at radius 2 is 2.07 bits per heavy atom. The highest BCUT2D eigenvalue weighted by molar-refractivity contribution is 9.10. The van der Waals surface area contributed by atoms with Gasteiger partial charge in [-0.1, -0.05) is 28.1 Å². The molecule has 2 rings (SSSR count). The van der Waals surface area contributed by atoms with Gasteiger partial charge in [0.05, 0.1) is 5.60 Å². The van der Waals surface area contributed by atoms with Gasteiger partial charge in [-0.15, -0.1) is 0 Å². The van der Waals surface area contributed by atoms with Crippen molar-refractivity contribution in [1.29, 1.82) is 0 Å². The molecule has 0 aliphatic carbocycles. The number of aliphatic hydroxyl groups is 1. The van der Waals surface area contributed by atoms with E-state index >= 15 is 0 Å². The van der Waals surface area contributed by atoms with Crippen LogP contribution in [0.5, 0.6) is 0 Å². The maximum atomic E-state index is 10.0. The summed E-state index contributed by atoms with van der Waals surface area (Å²) >= 11 is 3.42. The Hall–Kier alpha value is -0.380. The van der Waals surface area contributed by atoms with Gasteiger partial charge in [0.25, 0.3) is 0 Å². The van der Waals surface area contributed by atoms with Crippen molar-refractivity contribution in [3.63, 3.8) is 0 Å². The number of nitrogens with one attached hydrogen (secondary N) is 1. The third kappa shape index (κ3) is 2.80. The molecule has 0 aromatic heterocycles. The van der Waals surface area contributed by atoms with E-state index in [0.717, 1.165) is 23.9 Å². The van der Waals surface area contributed by atoms with E-state index in [1.165, 1.54) is 5.56 Å². The van der Waals surface area contributed by atoms with Crippen molar-refractivity contribution >= 4 is 15.9 Å². The lowest BCUT2D eigenvalue weighted by molar-refractivity contribution is 0.0132. The van der Waals surface area contributed by atoms with Gasteiger partial charge >= 0.3 is 0 Å². The molecule has 1 aromatic rings. The summed E-state index contributed by atoms with van der Waals surface area (Å²) in [6.07, 6.45) is 1.62. The molecule has 0 spiro atoms. The highest BCUT2D eigenvalue weighted by Gasteiger charge is 2.30. The molecule has 2 unspecified atom stereocenters. The quantitative estimate of drug-likeness (QED) is 0.822. The zero-order valence-electron chi connectivity index (χ0n) is 8.83. The Labute approximate surface area is 98.8 Å². The predicted molar refractivity (Wildman–Crippen MR) is 64.7 cm³/mol. The molecule has 1 aromatic carbocycles. The van der Waals surface area contributed by atoms with Gasteiger partial charge in [0.2, 0.25) is 0 Å². The van der Waals surface area contributed by atoms with Crippen LogP contribution in [-0.4, -0.2) is 17.3 Å². The third-order valence-electron chi connectivity index (χ3n) is 2.97. The molecule has 0 radical (unpaired) electrons. The Kier molecular flexibility index (Phi) is 3.14. The largest absolute Gasteiger partial charge is 0.390 e. The second kappa shape index (κ2) is 4.24. The maximum Gasteiger partial charge on any atom is 0.0650 e. The molecule has 2 nitrogen and oxygen atoms in total. The number of piperidine rings is 1. The van der Waals surface area contributed by atoms with Gasteiger partial charge in [-0.3, -0.25) is 0 Å². The molecule has 0 saturated carbocycles. The van der Waals surface area contributed by atoms with E-state index in [1.54, 1.807) is 0 Å². The van der Waals surface area contributed by atoms with E-state index in [0.29, 0.717) is 0 Å². The lowest BCUT2D eigenvalue weighted by Crippen LogP contribution is -2.41. The van der Waals surface area contributed by atoms with Crippen molar-refractivity contribution in [1.82, 2.24) is 5.32 Å². The highest BCUT2D eigenvalue weighted by Crippen LogP contribution is 2.30. The molecular weight excluding hydrogens is 254 g/mol. The van der Waals surface area contributed by atoms with E-state index in [4.69, 9.17) is 0 Å². The maximum absolute atomic E-state index is 10.0. The third-order valence-corrected chi connectivity index (χ3v) is 3.50. The van der Waals surface area contributed by atoms with Gasteiger partial charge in [0.15, 0.2) is 0 Å². The van der Waals surface area contributed by atoms with Gasteiger partial charge in [-0.2, -0.15) is 0 Å². The average Bonchev–Trinajstić information content (AvgIpc) is 2.17. The normalized spacial score (nSPS) is 31.5. The van der Waals surface area contributed by atoms with Crippen LogP contribution in [0.25, 0.3) is 0 Å². The van der Waals surface area contributed by atoms with Gasteiger partial charge in [0, 0.05) is 10.5 Å². The van der Waals surface area contributed by atoms with Crippen molar-refractivity contribution in [3.8, 4) is 0 Å². The van der Waals surface area contributed by atoms with Crippen LogP contribution in [0, 0.1) is 0 Å². The monoisotopic (exact) mass is 269 g/mol. The molecule has 1 fully saturated rings. The lowest BCUT2D eigenvalue weighted by Gasteiger charge is -2.35. The van der Waals surface area contributed by atoms with Crippen molar-refractivity contribution in [2.45, 2.75) is 31.4 Å². The molecule has 1 saturated heterocycles. The summed E-state index contributed by atoms with van der Waals surface area (Å²) in [5.41, 5.74) is 0.723. The van der Waals surface area contributed by atoms with Crippen molar-refractivity contribution < 1.29 is 5.11 Å². The molecule has 0 bridgehead atoms. The average molecular weight is 270 g/mol. The minimum absolute atomic E-state index is 0.279. The molecule has 82 valence electrons. The van der Waals surface area contributed by atoms with Crippen LogP contribution < -0.4 is 5.32 Å². The van der Waals surface area contributed by atoms with E-state index in [1.807, 2.05) is 19.1 Å². The number of rotatable bonds is 1. The molecule has 3 heteroatoms. The Bertz CT molecular complexity index is 334. The fourth-order valence-corrected chi connectivity index (χ4v) is 2.32. The molecule has 2 atom stereocenters. The van der Waals surface area contributed by atoms with Crippen LogP contribution in [-0.2, 0) is 0 Å². The zero-order valence-corrected chi connectivity index (χ0v) is 10.4. The summed E-state index contributed by atoms with van der Waals surface area (Å²) in [7, 11) is 0. The van der Waals surface area contributed by atoms with Crippen molar-refractivity contribution in [2.75, 3.05) is 6.54 Å². The highest BCUT2D eigenvalue weighted by atomic mass is 79.9. The predicted octanol–water partition coefficient (Wildman–Crippen LogP) is 2.62. The van der Waals surface area contributed by atoms with E-state index in [2.05, 4.69) is 33.4 Å². The molecule has 1 aliphatic heterocycles. The summed E-state index contributed by atoms with van der Waals surface area (Å²) in [4.78, 5) is 0. The SMILES string of the molecule is CC1(O)CCNC(c2ccc(Br)cc2)C1. The number of hydrogen-bond acceptors (Lipinski definition) is 2. The van der Waals surface area contributed by atoms with Crippen LogP contribution in [0.1, 0.15) is 31.4 Å². The molecular formula is C12H16BrNO. The number of benzene rings is 1. The second-order valence-electron chi connectivity index (χ2n) is 4.51. The van der Waals surface area contributed by atoms with Gasteiger partial charge in [-0.25, -0.2) is 0 Å². The van der Waals surface area contributed by atoms with E-state index in [9.17, 15) is 5.11 Å². The first-order chi connectivity index (χ1) is 7.07. The van der Waals surface area contributed by atoms with Crippen molar-refractivity contribution in [2.24, 2.45) is 0 Å². The minimum Gasteiger partial charge on any atom is -0.390 e. The molecule has 1 aliphatic rings. The van der Waals surface area contributed by atoms with Crippen LogP contribution in [0.3, 0.4) is 0 Å². The van der Waals surface area contributed by atoms with E-state index < -0.39 is 5.60 Å². The standard InChI is InChI=1S/C12H16BrNO/c1-12(15)6-7-14-11(8-12)9-2-4-10(13)5-3-9/h2-5,11,14-15H,6-8H2,1H3. The van der Waals surface area contributed by atoms with Crippen LogP contribution in [0.4, 0.5) is 0 Å². The first-order valence-electron chi connectivity index (χ1n) is 5.28. The molecule has 15 heavy (non-hydrogen) atoms. The molecule has 1 heterocycles. The molecule has 2 N–H and O–H groups in total. The fourth-order valence-electron chi connectivity index (χ4n) is 2.06. The first-order valence-corrected chi connectivity index (χ1v) is 6.07. The Balaban J connectivity index is 2.13. The number of hydrogen-bond donors (Lipinski definition) is 2. The first kappa shape index (κ1) is 11.1. The van der Waals surface area contributed by atoms with Crippen LogP contribution >= 0.6 is 15.9 Å². The Morgan fingerprint density at radius 3 is 2.67 bits per heavy atom. The summed E-state index contributed by atoms with van der Waals surface area (Å²) in [6, 6.07) is 8.56. The van der Waals surface area contributed by atoms with Gasteiger partial charge in [0.1, 0.15) is 0 Å². The van der Waals surface area contributed by atoms with Gasteiger partial charge in [-0.05, 0) is 44.0 Å². The van der Waals surface area contributed by atoms with Gasteiger partial charge < -0.3 is 10.4 Å². The fraction of sp³-hybridized carbons (Fsp3) is 0.500. The van der Waals surface area contributed by atoms with E-state index in [-0.39, 0.29) is 6.04 Å². The summed E-state index contributed by atoms with van der Waals surface area (Å²) < 4.78 is 1.09. The second-order valence-corrected chi connectivity index (χ2v) is 5.43. The van der Waals surface area contributed by atoms with Crippen LogP contribution in [0.15, 0.2) is 28.7 Å².